The van der Waals surface area contributed by atoms with Crippen LogP contribution in [-0.4, -0.2) is 21.3 Å². The number of hydrogen-bond donors (Lipinski definition) is 0. The second kappa shape index (κ2) is 5.87. The summed E-state index contributed by atoms with van der Waals surface area (Å²) in [5.41, 5.74) is 0.808. The standard InChI is InChI=1S/C18H15FN2O2S/c19-13-7-5-12(6-8-13)15-9-10-20(15)17(22)11-21-18(23)14-3-1-2-4-16(14)24-21/h1-8,15H,9-11H2. The van der Waals surface area contributed by atoms with E-state index in [0.717, 1.165) is 16.7 Å². The normalized spacial score (nSPS) is 17.0. The molecule has 4 nitrogen and oxygen atoms in total. The van der Waals surface area contributed by atoms with Crippen molar-refractivity contribution >= 4 is 27.5 Å². The Labute approximate surface area is 141 Å². The van der Waals surface area contributed by atoms with Crippen LogP contribution in [0.1, 0.15) is 18.0 Å². The molecule has 4 rings (SSSR count). The highest BCUT2D eigenvalue weighted by Crippen LogP contribution is 2.33. The number of fused-ring (bicyclic) bond motifs is 1. The van der Waals surface area contributed by atoms with Crippen LogP contribution in [0.25, 0.3) is 10.1 Å². The van der Waals surface area contributed by atoms with Gasteiger partial charge in [-0.2, -0.15) is 0 Å². The van der Waals surface area contributed by atoms with Gasteiger partial charge in [-0.1, -0.05) is 35.8 Å². The second-order valence-corrected chi connectivity index (χ2v) is 6.94. The highest BCUT2D eigenvalue weighted by atomic mass is 32.1. The molecule has 1 aromatic heterocycles. The quantitative estimate of drug-likeness (QED) is 0.734. The summed E-state index contributed by atoms with van der Waals surface area (Å²) < 4.78 is 15.4. The van der Waals surface area contributed by atoms with E-state index >= 15 is 0 Å². The highest BCUT2D eigenvalue weighted by Gasteiger charge is 2.33. The van der Waals surface area contributed by atoms with Crippen LogP contribution in [0.4, 0.5) is 4.39 Å². The summed E-state index contributed by atoms with van der Waals surface area (Å²) in [4.78, 5) is 26.7. The third kappa shape index (κ3) is 2.53. The minimum absolute atomic E-state index is 0.0248. The molecule has 0 saturated carbocycles. The molecule has 1 unspecified atom stereocenters. The highest BCUT2D eigenvalue weighted by molar-refractivity contribution is 7.13. The minimum atomic E-state index is -0.284. The summed E-state index contributed by atoms with van der Waals surface area (Å²) in [5, 5.41) is 0.647. The predicted octanol–water partition coefficient (Wildman–Crippen LogP) is 3.18. The molecular formula is C18H15FN2O2S. The number of halogens is 1. The lowest BCUT2D eigenvalue weighted by molar-refractivity contribution is -0.139. The maximum atomic E-state index is 13.0. The van der Waals surface area contributed by atoms with Gasteiger partial charge in [0.2, 0.25) is 5.91 Å². The van der Waals surface area contributed by atoms with E-state index in [1.54, 1.807) is 23.1 Å². The molecule has 1 aliphatic rings. The van der Waals surface area contributed by atoms with E-state index in [4.69, 9.17) is 0 Å². The molecule has 2 heterocycles. The molecule has 1 fully saturated rings. The van der Waals surface area contributed by atoms with Crippen molar-refractivity contribution in [2.45, 2.75) is 19.0 Å². The molecule has 1 atom stereocenters. The molecule has 1 amide bonds. The SMILES string of the molecule is O=C(Cn1sc2ccccc2c1=O)N1CCC1c1ccc(F)cc1. The topological polar surface area (TPSA) is 42.3 Å². The Morgan fingerprint density at radius 2 is 1.92 bits per heavy atom. The number of benzene rings is 2. The molecule has 0 spiro atoms. The number of nitrogens with zero attached hydrogens (tertiary/aromatic N) is 2. The van der Waals surface area contributed by atoms with Crippen molar-refractivity contribution in [1.82, 2.24) is 8.86 Å². The van der Waals surface area contributed by atoms with Gasteiger partial charge in [0.05, 0.1) is 16.1 Å². The van der Waals surface area contributed by atoms with Crippen LogP contribution in [0.3, 0.4) is 0 Å². The molecule has 0 N–H and O–H groups in total. The third-order valence-corrected chi connectivity index (χ3v) is 5.49. The smallest absolute Gasteiger partial charge is 0.268 e. The maximum absolute atomic E-state index is 13.0. The van der Waals surface area contributed by atoms with Crippen molar-refractivity contribution in [2.24, 2.45) is 0 Å². The van der Waals surface area contributed by atoms with Gasteiger partial charge >= 0.3 is 0 Å². The Balaban J connectivity index is 1.54. The van der Waals surface area contributed by atoms with E-state index in [2.05, 4.69) is 0 Å². The zero-order valence-electron chi connectivity index (χ0n) is 12.8. The van der Waals surface area contributed by atoms with Crippen LogP contribution >= 0.6 is 11.5 Å². The molecule has 122 valence electrons. The fourth-order valence-electron chi connectivity index (χ4n) is 3.05. The first kappa shape index (κ1) is 15.1. The van der Waals surface area contributed by atoms with Gasteiger partial charge in [0.1, 0.15) is 12.4 Å². The maximum Gasteiger partial charge on any atom is 0.268 e. The van der Waals surface area contributed by atoms with Gasteiger partial charge in [0.15, 0.2) is 0 Å². The second-order valence-electron chi connectivity index (χ2n) is 5.87. The molecule has 3 aromatic rings. The minimum Gasteiger partial charge on any atom is -0.334 e. The number of amides is 1. The van der Waals surface area contributed by atoms with Crippen LogP contribution in [0, 0.1) is 5.82 Å². The van der Waals surface area contributed by atoms with Crippen LogP contribution in [-0.2, 0) is 11.3 Å². The van der Waals surface area contributed by atoms with Crippen molar-refractivity contribution in [3.05, 3.63) is 70.3 Å². The zero-order chi connectivity index (χ0) is 16.7. The van der Waals surface area contributed by atoms with Gasteiger partial charge in [-0.25, -0.2) is 4.39 Å². The Hall–Kier alpha value is -2.47. The summed E-state index contributed by atoms with van der Waals surface area (Å²) >= 11 is 1.31. The van der Waals surface area contributed by atoms with Gasteiger partial charge in [-0.3, -0.25) is 13.5 Å². The largest absolute Gasteiger partial charge is 0.334 e. The monoisotopic (exact) mass is 342 g/mol. The molecule has 1 saturated heterocycles. The summed E-state index contributed by atoms with van der Waals surface area (Å²) in [6.07, 6.45) is 0.860. The van der Waals surface area contributed by atoms with Crippen LogP contribution in [0.2, 0.25) is 0 Å². The fourth-order valence-corrected chi connectivity index (χ4v) is 4.04. The summed E-state index contributed by atoms with van der Waals surface area (Å²) in [6.45, 7) is 0.719. The Bertz CT molecular complexity index is 961. The zero-order valence-corrected chi connectivity index (χ0v) is 13.6. The Kier molecular flexibility index (Phi) is 3.69. The summed E-state index contributed by atoms with van der Waals surface area (Å²) in [6, 6.07) is 13.6. The first-order chi connectivity index (χ1) is 11.6. The third-order valence-electron chi connectivity index (χ3n) is 4.43. The van der Waals surface area contributed by atoms with Gasteiger partial charge in [0.25, 0.3) is 5.56 Å². The van der Waals surface area contributed by atoms with Gasteiger partial charge in [-0.15, -0.1) is 0 Å². The van der Waals surface area contributed by atoms with Crippen LogP contribution in [0.15, 0.2) is 53.3 Å². The van der Waals surface area contributed by atoms with Crippen LogP contribution in [0.5, 0.6) is 0 Å². The lowest BCUT2D eigenvalue weighted by atomic mass is 9.94. The lowest BCUT2D eigenvalue weighted by Gasteiger charge is -2.41. The van der Waals surface area contributed by atoms with Crippen molar-refractivity contribution < 1.29 is 9.18 Å². The van der Waals surface area contributed by atoms with E-state index in [9.17, 15) is 14.0 Å². The Morgan fingerprint density at radius 1 is 1.17 bits per heavy atom. The number of hydrogen-bond acceptors (Lipinski definition) is 3. The number of carbonyl (C=O) groups excluding carboxylic acids is 1. The van der Waals surface area contributed by atoms with Gasteiger partial charge in [-0.05, 0) is 36.2 Å². The predicted molar refractivity (Wildman–Crippen MR) is 91.6 cm³/mol. The van der Waals surface area contributed by atoms with Gasteiger partial charge < -0.3 is 4.90 Å². The van der Waals surface area contributed by atoms with Crippen LogP contribution < -0.4 is 5.56 Å². The number of rotatable bonds is 3. The van der Waals surface area contributed by atoms with E-state index in [1.165, 1.54) is 27.6 Å². The summed E-state index contributed by atoms with van der Waals surface area (Å²) in [5.74, 6) is -0.364. The molecule has 24 heavy (non-hydrogen) atoms. The van der Waals surface area contributed by atoms with Crippen molar-refractivity contribution in [3.8, 4) is 0 Å². The molecule has 0 bridgehead atoms. The first-order valence-electron chi connectivity index (χ1n) is 7.77. The average Bonchev–Trinajstić information content (AvgIpc) is 2.85. The molecule has 6 heteroatoms. The fraction of sp³-hybridized carbons (Fsp3) is 0.222. The molecule has 0 aliphatic carbocycles. The molecular weight excluding hydrogens is 327 g/mol. The number of aromatic nitrogens is 1. The van der Waals surface area contributed by atoms with Crippen molar-refractivity contribution in [2.75, 3.05) is 6.54 Å². The lowest BCUT2D eigenvalue weighted by Crippen LogP contribution is -2.46. The van der Waals surface area contributed by atoms with E-state index in [-0.39, 0.29) is 29.9 Å². The average molecular weight is 342 g/mol. The molecule has 0 radical (unpaired) electrons. The van der Waals surface area contributed by atoms with Crippen molar-refractivity contribution in [1.29, 1.82) is 0 Å². The summed E-state index contributed by atoms with van der Waals surface area (Å²) in [7, 11) is 0. The van der Waals surface area contributed by atoms with E-state index in [0.29, 0.717) is 11.9 Å². The Morgan fingerprint density at radius 3 is 2.58 bits per heavy atom. The first-order valence-corrected chi connectivity index (χ1v) is 8.54. The molecule has 2 aromatic carbocycles. The number of likely N-dealkylation sites (tertiary alicyclic amines) is 1. The van der Waals surface area contributed by atoms with Gasteiger partial charge in [0, 0.05) is 6.54 Å². The van der Waals surface area contributed by atoms with Crippen molar-refractivity contribution in [3.63, 3.8) is 0 Å². The van der Waals surface area contributed by atoms with E-state index < -0.39 is 0 Å². The number of carbonyl (C=O) groups is 1. The van der Waals surface area contributed by atoms with E-state index in [1.807, 2.05) is 18.2 Å². The molecule has 1 aliphatic heterocycles.